The molecule has 0 aliphatic carbocycles. The summed E-state index contributed by atoms with van der Waals surface area (Å²) in [6.45, 7) is 9.15. The van der Waals surface area contributed by atoms with Crippen LogP contribution >= 0.6 is 0 Å². The van der Waals surface area contributed by atoms with Gasteiger partial charge in [-0.2, -0.15) is 0 Å². The zero-order chi connectivity index (χ0) is 30.2. The number of nitrogens with zero attached hydrogens (tertiary/aromatic N) is 2. The fourth-order valence-electron chi connectivity index (χ4n) is 4.63. The summed E-state index contributed by atoms with van der Waals surface area (Å²) in [5.41, 5.74) is 2.92. The first kappa shape index (κ1) is 31.7. The van der Waals surface area contributed by atoms with Gasteiger partial charge in [0, 0.05) is 12.6 Å². The molecule has 220 valence electrons. The molecule has 0 fully saturated rings. The molecule has 2 atom stereocenters. The molecule has 0 heterocycles. The van der Waals surface area contributed by atoms with Gasteiger partial charge >= 0.3 is 0 Å². The molecule has 0 saturated carbocycles. The van der Waals surface area contributed by atoms with E-state index in [2.05, 4.69) is 5.32 Å². The van der Waals surface area contributed by atoms with E-state index in [0.29, 0.717) is 17.9 Å². The number of carbonyl (C=O) groups excluding carboxylic acids is 2. The van der Waals surface area contributed by atoms with Crippen LogP contribution in [-0.2, 0) is 26.2 Å². The van der Waals surface area contributed by atoms with Gasteiger partial charge in [-0.1, -0.05) is 50.2 Å². The van der Waals surface area contributed by atoms with E-state index >= 15 is 0 Å². The highest BCUT2D eigenvalue weighted by atomic mass is 32.2. The van der Waals surface area contributed by atoms with Crippen molar-refractivity contribution in [1.82, 2.24) is 10.2 Å². The van der Waals surface area contributed by atoms with Gasteiger partial charge in [0.2, 0.25) is 11.8 Å². The van der Waals surface area contributed by atoms with Crippen molar-refractivity contribution in [1.29, 1.82) is 0 Å². The maximum Gasteiger partial charge on any atom is 0.264 e. The predicted octanol–water partition coefficient (Wildman–Crippen LogP) is 5.23. The van der Waals surface area contributed by atoms with Crippen LogP contribution in [0.4, 0.5) is 5.69 Å². The number of hydrogen-bond donors (Lipinski definition) is 1. The lowest BCUT2D eigenvalue weighted by Gasteiger charge is -2.34. The highest BCUT2D eigenvalue weighted by molar-refractivity contribution is 7.92. The summed E-state index contributed by atoms with van der Waals surface area (Å²) in [4.78, 5) is 29.1. The number of aryl methyl sites for hydroxylation is 2. The van der Waals surface area contributed by atoms with E-state index in [1.807, 2.05) is 52.8 Å². The van der Waals surface area contributed by atoms with Gasteiger partial charge in [-0.3, -0.25) is 13.9 Å². The van der Waals surface area contributed by atoms with Crippen LogP contribution in [0.15, 0.2) is 77.7 Å². The zero-order valence-corrected chi connectivity index (χ0v) is 25.6. The number of ether oxygens (including phenoxy) is 1. The van der Waals surface area contributed by atoms with Crippen LogP contribution in [0.5, 0.6) is 5.75 Å². The van der Waals surface area contributed by atoms with Gasteiger partial charge in [0.05, 0.1) is 17.7 Å². The number of amides is 2. The Balaban J connectivity index is 2.07. The normalized spacial score (nSPS) is 12.7. The number of hydrogen-bond acceptors (Lipinski definition) is 5. The summed E-state index contributed by atoms with van der Waals surface area (Å²) >= 11 is 0. The number of carbonyl (C=O) groups is 2. The molecule has 0 unspecified atom stereocenters. The minimum atomic E-state index is -4.10. The lowest BCUT2D eigenvalue weighted by molar-refractivity contribution is -0.140. The first-order valence-corrected chi connectivity index (χ1v) is 15.3. The third-order valence-corrected chi connectivity index (χ3v) is 8.79. The fourth-order valence-corrected chi connectivity index (χ4v) is 6.05. The van der Waals surface area contributed by atoms with E-state index in [-0.39, 0.29) is 23.4 Å². The van der Waals surface area contributed by atoms with E-state index in [1.165, 1.54) is 17.0 Å². The molecule has 0 saturated heterocycles. The molecule has 0 aliphatic rings. The van der Waals surface area contributed by atoms with E-state index < -0.39 is 28.5 Å². The second-order valence-corrected chi connectivity index (χ2v) is 12.1. The van der Waals surface area contributed by atoms with Crippen LogP contribution in [0, 0.1) is 13.8 Å². The van der Waals surface area contributed by atoms with Crippen LogP contribution in [-0.4, -0.2) is 50.9 Å². The molecule has 0 aliphatic heterocycles. The molecular formula is C32H41N3O5S. The lowest BCUT2D eigenvalue weighted by Crippen LogP contribution is -2.53. The SMILES string of the molecule is CC[C@H](C(=O)N[C@@H](C)CC)N(Cc1ccc(OC)cc1)C(=O)CN(c1cc(C)cc(C)c1)S(=O)(=O)c1ccccc1. The zero-order valence-electron chi connectivity index (χ0n) is 24.8. The molecule has 41 heavy (non-hydrogen) atoms. The third-order valence-electron chi connectivity index (χ3n) is 7.00. The summed E-state index contributed by atoms with van der Waals surface area (Å²) in [7, 11) is -2.53. The molecule has 0 bridgehead atoms. The van der Waals surface area contributed by atoms with Crippen LogP contribution in [0.25, 0.3) is 0 Å². The van der Waals surface area contributed by atoms with Crippen LogP contribution < -0.4 is 14.4 Å². The van der Waals surface area contributed by atoms with Gasteiger partial charge in [0.1, 0.15) is 18.3 Å². The molecule has 0 spiro atoms. The number of benzene rings is 3. The summed E-state index contributed by atoms with van der Waals surface area (Å²) in [6.07, 6.45) is 1.10. The Morgan fingerprint density at radius 2 is 1.51 bits per heavy atom. The Morgan fingerprint density at radius 3 is 2.05 bits per heavy atom. The highest BCUT2D eigenvalue weighted by Gasteiger charge is 2.34. The Bertz CT molecular complexity index is 1410. The Kier molecular flexibility index (Phi) is 10.9. The number of nitrogens with one attached hydrogen (secondary N) is 1. The average molecular weight is 580 g/mol. The number of anilines is 1. The maximum absolute atomic E-state index is 14.2. The average Bonchev–Trinajstić information content (AvgIpc) is 2.95. The summed E-state index contributed by atoms with van der Waals surface area (Å²) in [5.74, 6) is -0.0821. The van der Waals surface area contributed by atoms with Crippen molar-refractivity contribution in [2.24, 2.45) is 0 Å². The van der Waals surface area contributed by atoms with Crippen LogP contribution in [0.2, 0.25) is 0 Å². The van der Waals surface area contributed by atoms with E-state index in [1.54, 1.807) is 49.6 Å². The van der Waals surface area contributed by atoms with Crippen molar-refractivity contribution in [3.05, 3.63) is 89.5 Å². The predicted molar refractivity (Wildman–Crippen MR) is 162 cm³/mol. The maximum atomic E-state index is 14.2. The Labute approximate surface area is 244 Å². The van der Waals surface area contributed by atoms with Crippen molar-refractivity contribution in [3.63, 3.8) is 0 Å². The largest absolute Gasteiger partial charge is 0.497 e. The van der Waals surface area contributed by atoms with Crippen LogP contribution in [0.3, 0.4) is 0 Å². The summed E-state index contributed by atoms with van der Waals surface area (Å²) in [5, 5.41) is 2.99. The molecule has 2 amide bonds. The van der Waals surface area contributed by atoms with Crippen molar-refractivity contribution in [2.45, 2.75) is 71.0 Å². The van der Waals surface area contributed by atoms with Gasteiger partial charge in [-0.25, -0.2) is 8.42 Å². The standard InChI is InChI=1S/C32H41N3O5S/c1-7-25(5)33-32(37)30(8-2)34(21-26-14-16-28(40-6)17-15-26)31(36)22-35(27-19-23(3)18-24(4)20-27)41(38,39)29-12-10-9-11-13-29/h9-20,25,30H,7-8,21-22H2,1-6H3,(H,33,37)/t25-,30+/m0/s1. The van der Waals surface area contributed by atoms with Gasteiger partial charge in [-0.15, -0.1) is 0 Å². The van der Waals surface area contributed by atoms with Gasteiger partial charge in [0.15, 0.2) is 0 Å². The van der Waals surface area contributed by atoms with Crippen molar-refractivity contribution >= 4 is 27.5 Å². The van der Waals surface area contributed by atoms with Crippen LogP contribution in [0.1, 0.15) is 50.3 Å². The topological polar surface area (TPSA) is 96.0 Å². The first-order chi connectivity index (χ1) is 19.5. The van der Waals surface area contributed by atoms with Crippen molar-refractivity contribution in [3.8, 4) is 5.75 Å². The van der Waals surface area contributed by atoms with E-state index in [0.717, 1.165) is 27.4 Å². The van der Waals surface area contributed by atoms with E-state index in [9.17, 15) is 18.0 Å². The quantitative estimate of drug-likeness (QED) is 0.299. The molecule has 3 aromatic carbocycles. The summed E-state index contributed by atoms with van der Waals surface area (Å²) < 4.78 is 34.3. The molecule has 0 aromatic heterocycles. The van der Waals surface area contributed by atoms with E-state index in [4.69, 9.17) is 4.74 Å². The molecule has 0 radical (unpaired) electrons. The smallest absolute Gasteiger partial charge is 0.264 e. The Morgan fingerprint density at radius 1 is 0.902 bits per heavy atom. The third kappa shape index (κ3) is 8.10. The minimum absolute atomic E-state index is 0.0697. The van der Waals surface area contributed by atoms with Crippen molar-refractivity contribution in [2.75, 3.05) is 18.0 Å². The highest BCUT2D eigenvalue weighted by Crippen LogP contribution is 2.27. The van der Waals surface area contributed by atoms with Crippen molar-refractivity contribution < 1.29 is 22.7 Å². The molecule has 9 heteroatoms. The second-order valence-electron chi connectivity index (χ2n) is 10.3. The lowest BCUT2D eigenvalue weighted by atomic mass is 10.1. The number of rotatable bonds is 13. The summed E-state index contributed by atoms with van der Waals surface area (Å²) in [6, 6.07) is 19.9. The molecule has 8 nitrogen and oxygen atoms in total. The number of methoxy groups -OCH3 is 1. The second kappa shape index (κ2) is 14.2. The molecule has 3 rings (SSSR count). The van der Waals surface area contributed by atoms with Gasteiger partial charge in [0.25, 0.3) is 10.0 Å². The Hall–Kier alpha value is -3.85. The fraction of sp³-hybridized carbons (Fsp3) is 0.375. The monoisotopic (exact) mass is 579 g/mol. The molecule has 1 N–H and O–H groups in total. The minimum Gasteiger partial charge on any atom is -0.497 e. The first-order valence-electron chi connectivity index (χ1n) is 13.9. The number of sulfonamides is 1. The van der Waals surface area contributed by atoms with Gasteiger partial charge < -0.3 is 15.0 Å². The molecular weight excluding hydrogens is 538 g/mol. The molecule has 3 aromatic rings. The van der Waals surface area contributed by atoms with Gasteiger partial charge in [-0.05, 0) is 86.7 Å².